The molecular formula is C9H11N3O3. The molecule has 1 aromatic rings. The van der Waals surface area contributed by atoms with Gasteiger partial charge in [-0.05, 0) is 6.92 Å². The quantitative estimate of drug-likeness (QED) is 0.638. The van der Waals surface area contributed by atoms with Crippen LogP contribution in [0, 0.1) is 0 Å². The molecule has 6 nitrogen and oxygen atoms in total. The molecule has 2 N–H and O–H groups in total. The molecule has 1 aliphatic rings. The average molecular weight is 209 g/mol. The van der Waals surface area contributed by atoms with Gasteiger partial charge in [0.15, 0.2) is 0 Å². The van der Waals surface area contributed by atoms with E-state index in [4.69, 9.17) is 5.11 Å². The van der Waals surface area contributed by atoms with E-state index in [1.54, 1.807) is 6.92 Å². The Balaban J connectivity index is 2.42. The van der Waals surface area contributed by atoms with Crippen LogP contribution in [-0.4, -0.2) is 32.1 Å². The first-order valence-electron chi connectivity index (χ1n) is 4.64. The van der Waals surface area contributed by atoms with Crippen molar-refractivity contribution in [2.45, 2.75) is 25.9 Å². The Kier molecular flexibility index (Phi) is 2.18. The van der Waals surface area contributed by atoms with E-state index >= 15 is 0 Å². The minimum absolute atomic E-state index is 0.170. The average Bonchev–Trinajstić information content (AvgIpc) is 2.18. The summed E-state index contributed by atoms with van der Waals surface area (Å²) < 4.78 is 0. The second kappa shape index (κ2) is 3.38. The van der Waals surface area contributed by atoms with Gasteiger partial charge < -0.3 is 10.1 Å². The van der Waals surface area contributed by atoms with E-state index in [9.17, 15) is 9.59 Å². The van der Waals surface area contributed by atoms with Crippen LogP contribution in [0.5, 0.6) is 0 Å². The smallest absolute Gasteiger partial charge is 0.407 e. The number of rotatable bonds is 0. The summed E-state index contributed by atoms with van der Waals surface area (Å²) in [4.78, 5) is 30.1. The Bertz CT molecular complexity index is 454. The molecule has 1 unspecified atom stereocenters. The van der Waals surface area contributed by atoms with Gasteiger partial charge >= 0.3 is 6.09 Å². The summed E-state index contributed by atoms with van der Waals surface area (Å²) in [6.45, 7) is 1.97. The molecule has 0 spiro atoms. The Morgan fingerprint density at radius 3 is 3.13 bits per heavy atom. The molecule has 0 bridgehead atoms. The van der Waals surface area contributed by atoms with Crippen molar-refractivity contribution < 1.29 is 9.90 Å². The van der Waals surface area contributed by atoms with Crippen molar-refractivity contribution >= 4 is 6.09 Å². The molecule has 80 valence electrons. The number of hydrogen-bond donors (Lipinski definition) is 2. The predicted octanol–water partition coefficient (Wildman–Crippen LogP) is 0.194. The van der Waals surface area contributed by atoms with E-state index in [0.29, 0.717) is 17.7 Å². The van der Waals surface area contributed by atoms with Crippen LogP contribution in [0.2, 0.25) is 0 Å². The van der Waals surface area contributed by atoms with Gasteiger partial charge in [-0.1, -0.05) is 0 Å². The summed E-state index contributed by atoms with van der Waals surface area (Å²) in [5, 5.41) is 8.92. The topological polar surface area (TPSA) is 86.3 Å². The Morgan fingerprint density at radius 2 is 2.47 bits per heavy atom. The maximum absolute atomic E-state index is 11.4. The summed E-state index contributed by atoms with van der Waals surface area (Å²) >= 11 is 0. The largest absolute Gasteiger partial charge is 0.465 e. The van der Waals surface area contributed by atoms with Gasteiger partial charge in [0.2, 0.25) is 0 Å². The summed E-state index contributed by atoms with van der Waals surface area (Å²) in [5.41, 5.74) is 0.985. The van der Waals surface area contributed by atoms with Gasteiger partial charge in [-0.3, -0.25) is 9.69 Å². The van der Waals surface area contributed by atoms with Crippen LogP contribution in [0.4, 0.5) is 4.79 Å². The lowest BCUT2D eigenvalue weighted by Gasteiger charge is -2.31. The van der Waals surface area contributed by atoms with Gasteiger partial charge in [0, 0.05) is 18.0 Å². The van der Waals surface area contributed by atoms with Gasteiger partial charge in [0.05, 0.1) is 18.6 Å². The molecule has 0 fully saturated rings. The van der Waals surface area contributed by atoms with Gasteiger partial charge in [0.1, 0.15) is 0 Å². The van der Waals surface area contributed by atoms with Crippen molar-refractivity contribution in [3.63, 3.8) is 0 Å². The second-order valence-corrected chi connectivity index (χ2v) is 3.62. The van der Waals surface area contributed by atoms with Gasteiger partial charge in [0.25, 0.3) is 5.56 Å². The number of carbonyl (C=O) groups is 1. The summed E-state index contributed by atoms with van der Waals surface area (Å²) in [6, 6.07) is -0.180. The number of fused-ring (bicyclic) bond motifs is 1. The summed E-state index contributed by atoms with van der Waals surface area (Å²) in [5.74, 6) is 0. The number of carboxylic acid groups (broad SMARTS) is 1. The van der Waals surface area contributed by atoms with Crippen molar-refractivity contribution in [1.82, 2.24) is 14.9 Å². The molecular weight excluding hydrogens is 198 g/mol. The van der Waals surface area contributed by atoms with Gasteiger partial charge in [-0.25, -0.2) is 9.78 Å². The maximum Gasteiger partial charge on any atom is 0.407 e. The number of hydrogen-bond acceptors (Lipinski definition) is 3. The number of nitrogens with zero attached hydrogens (tertiary/aromatic N) is 2. The lowest BCUT2D eigenvalue weighted by Crippen LogP contribution is -2.44. The van der Waals surface area contributed by atoms with E-state index in [-0.39, 0.29) is 18.1 Å². The number of nitrogens with one attached hydrogen (secondary N) is 1. The monoisotopic (exact) mass is 209 g/mol. The lowest BCUT2D eigenvalue weighted by atomic mass is 10.0. The normalized spacial score (nSPS) is 19.8. The van der Waals surface area contributed by atoms with Crippen molar-refractivity contribution in [2.75, 3.05) is 0 Å². The van der Waals surface area contributed by atoms with Crippen LogP contribution >= 0.6 is 0 Å². The molecule has 0 aromatic carbocycles. The van der Waals surface area contributed by atoms with Crippen molar-refractivity contribution in [3.05, 3.63) is 27.9 Å². The molecule has 15 heavy (non-hydrogen) atoms. The van der Waals surface area contributed by atoms with Crippen molar-refractivity contribution in [2.24, 2.45) is 0 Å². The van der Waals surface area contributed by atoms with Crippen molar-refractivity contribution in [1.29, 1.82) is 0 Å². The Labute approximate surface area is 85.6 Å². The van der Waals surface area contributed by atoms with Crippen molar-refractivity contribution in [3.8, 4) is 0 Å². The first-order chi connectivity index (χ1) is 7.09. The summed E-state index contributed by atoms with van der Waals surface area (Å²) in [7, 11) is 0. The summed E-state index contributed by atoms with van der Waals surface area (Å²) in [6.07, 6.45) is 0.748. The van der Waals surface area contributed by atoms with Crippen LogP contribution in [0.15, 0.2) is 11.1 Å². The lowest BCUT2D eigenvalue weighted by molar-refractivity contribution is 0.118. The maximum atomic E-state index is 11.4. The standard InChI is InChI=1S/C9H11N3O3/c1-5-2-6-7(3-12(5)9(14)15)10-4-11-8(6)13/h4-5H,2-3H2,1H3,(H,14,15)(H,10,11,13). The van der Waals surface area contributed by atoms with Crippen LogP contribution < -0.4 is 5.56 Å². The SMILES string of the molecule is CC1Cc2c(nc[nH]c2=O)CN1C(=O)O. The third-order valence-corrected chi connectivity index (χ3v) is 2.64. The second-order valence-electron chi connectivity index (χ2n) is 3.62. The molecule has 1 atom stereocenters. The number of amides is 1. The minimum atomic E-state index is -0.977. The zero-order valence-corrected chi connectivity index (χ0v) is 8.23. The van der Waals surface area contributed by atoms with Crippen LogP contribution in [-0.2, 0) is 13.0 Å². The molecule has 0 saturated heterocycles. The molecule has 2 rings (SSSR count). The van der Waals surface area contributed by atoms with E-state index in [1.807, 2.05) is 0 Å². The van der Waals surface area contributed by atoms with Gasteiger partial charge in [-0.2, -0.15) is 0 Å². The van der Waals surface area contributed by atoms with E-state index in [2.05, 4.69) is 9.97 Å². The highest BCUT2D eigenvalue weighted by Crippen LogP contribution is 2.18. The highest BCUT2D eigenvalue weighted by Gasteiger charge is 2.28. The predicted molar refractivity (Wildman–Crippen MR) is 51.6 cm³/mol. The fourth-order valence-electron chi connectivity index (χ4n) is 1.79. The third kappa shape index (κ3) is 1.58. The number of H-pyrrole nitrogens is 1. The molecule has 1 aliphatic heterocycles. The molecule has 1 amide bonds. The first-order valence-corrected chi connectivity index (χ1v) is 4.64. The highest BCUT2D eigenvalue weighted by molar-refractivity contribution is 5.65. The number of aromatic nitrogens is 2. The van der Waals surface area contributed by atoms with Crippen LogP contribution in [0.3, 0.4) is 0 Å². The molecule has 0 aliphatic carbocycles. The van der Waals surface area contributed by atoms with E-state index in [0.717, 1.165) is 0 Å². The zero-order valence-electron chi connectivity index (χ0n) is 8.23. The third-order valence-electron chi connectivity index (χ3n) is 2.64. The first kappa shape index (κ1) is 9.70. The Morgan fingerprint density at radius 1 is 1.73 bits per heavy atom. The molecule has 0 radical (unpaired) electrons. The molecule has 2 heterocycles. The molecule has 6 heteroatoms. The van der Waals surface area contributed by atoms with Crippen LogP contribution in [0.25, 0.3) is 0 Å². The molecule has 1 aromatic heterocycles. The number of aromatic amines is 1. The highest BCUT2D eigenvalue weighted by atomic mass is 16.4. The van der Waals surface area contributed by atoms with Gasteiger partial charge in [-0.15, -0.1) is 0 Å². The van der Waals surface area contributed by atoms with E-state index in [1.165, 1.54) is 11.2 Å². The van der Waals surface area contributed by atoms with E-state index < -0.39 is 6.09 Å². The fraction of sp³-hybridized carbons (Fsp3) is 0.444. The van der Waals surface area contributed by atoms with Crippen LogP contribution in [0.1, 0.15) is 18.2 Å². The Hall–Kier alpha value is -1.85. The molecule has 0 saturated carbocycles. The minimum Gasteiger partial charge on any atom is -0.465 e. The zero-order chi connectivity index (χ0) is 11.0. The fourth-order valence-corrected chi connectivity index (χ4v) is 1.79.